The molecule has 2 rings (SSSR count). The quantitative estimate of drug-likeness (QED) is 0.696. The predicted molar refractivity (Wildman–Crippen MR) is 58.7 cm³/mol. The molecule has 1 aliphatic carbocycles. The fraction of sp³-hybridized carbons (Fsp3) is 0.667. The van der Waals surface area contributed by atoms with Crippen LogP contribution in [0.1, 0.15) is 43.1 Å². The van der Waals surface area contributed by atoms with E-state index in [-0.39, 0.29) is 11.7 Å². The summed E-state index contributed by atoms with van der Waals surface area (Å²) in [6, 6.07) is 0. The van der Waals surface area contributed by atoms with Crippen LogP contribution in [0.25, 0.3) is 0 Å². The van der Waals surface area contributed by atoms with Crippen LogP contribution in [0.5, 0.6) is 0 Å². The highest BCUT2D eigenvalue weighted by Gasteiger charge is 2.26. The lowest BCUT2D eigenvalue weighted by molar-refractivity contribution is 0.0867. The Balaban J connectivity index is 2.06. The number of carbonyl (C=O) groups is 1. The van der Waals surface area contributed by atoms with Gasteiger partial charge in [0.15, 0.2) is 5.78 Å². The smallest absolute Gasteiger partial charge is 0.183 e. The first kappa shape index (κ1) is 10.4. The van der Waals surface area contributed by atoms with Gasteiger partial charge in [-0.1, -0.05) is 19.8 Å². The summed E-state index contributed by atoms with van der Waals surface area (Å²) in [4.78, 5) is 16.1. The number of aryl methyl sites for hydroxylation is 1. The summed E-state index contributed by atoms with van der Waals surface area (Å²) in [5, 5.41) is 0. The molecule has 82 valence electrons. The van der Waals surface area contributed by atoms with Crippen LogP contribution in [-0.4, -0.2) is 15.3 Å². The van der Waals surface area contributed by atoms with Gasteiger partial charge in [0.1, 0.15) is 5.69 Å². The van der Waals surface area contributed by atoms with Gasteiger partial charge in [-0.15, -0.1) is 0 Å². The number of hydrogen-bond acceptors (Lipinski definition) is 2. The van der Waals surface area contributed by atoms with Gasteiger partial charge in [0.2, 0.25) is 0 Å². The normalized spacial score (nSPS) is 26.5. The van der Waals surface area contributed by atoms with Gasteiger partial charge in [-0.05, 0) is 18.8 Å². The van der Waals surface area contributed by atoms with Crippen molar-refractivity contribution < 1.29 is 4.79 Å². The molecule has 3 heteroatoms. The fourth-order valence-electron chi connectivity index (χ4n) is 2.33. The molecule has 0 aromatic carbocycles. The zero-order valence-corrected chi connectivity index (χ0v) is 9.44. The maximum atomic E-state index is 12.1. The molecular formula is C12H18N2O. The first-order valence-electron chi connectivity index (χ1n) is 5.69. The lowest BCUT2D eigenvalue weighted by Crippen LogP contribution is -2.22. The fourth-order valence-corrected chi connectivity index (χ4v) is 2.33. The van der Waals surface area contributed by atoms with Crippen LogP contribution in [0.15, 0.2) is 12.5 Å². The molecule has 0 N–H and O–H groups in total. The number of aromatic nitrogens is 2. The van der Waals surface area contributed by atoms with Gasteiger partial charge in [-0.2, -0.15) is 0 Å². The van der Waals surface area contributed by atoms with Crippen molar-refractivity contribution in [2.24, 2.45) is 18.9 Å². The van der Waals surface area contributed by atoms with E-state index in [4.69, 9.17) is 0 Å². The molecule has 0 atom stereocenters. The van der Waals surface area contributed by atoms with Gasteiger partial charge in [0.05, 0.1) is 12.5 Å². The summed E-state index contributed by atoms with van der Waals surface area (Å²) in [6.07, 6.45) is 7.85. The van der Waals surface area contributed by atoms with Gasteiger partial charge in [-0.3, -0.25) is 4.79 Å². The number of rotatable bonds is 2. The standard InChI is InChI=1S/C12H18N2O/c1-9-3-5-10(6-4-9)12(15)11-7-13-8-14(11)2/h7-10H,3-6H2,1-2H3. The zero-order valence-electron chi connectivity index (χ0n) is 9.44. The Labute approximate surface area is 90.5 Å². The topological polar surface area (TPSA) is 34.9 Å². The van der Waals surface area contributed by atoms with E-state index in [1.807, 2.05) is 11.6 Å². The molecule has 0 unspecified atom stereocenters. The summed E-state index contributed by atoms with van der Waals surface area (Å²) in [6.45, 7) is 2.27. The van der Waals surface area contributed by atoms with Crippen LogP contribution < -0.4 is 0 Å². The highest BCUT2D eigenvalue weighted by Crippen LogP contribution is 2.30. The lowest BCUT2D eigenvalue weighted by Gasteiger charge is -2.24. The van der Waals surface area contributed by atoms with E-state index in [1.165, 1.54) is 12.8 Å². The minimum absolute atomic E-state index is 0.233. The second kappa shape index (κ2) is 4.17. The molecular weight excluding hydrogens is 188 g/mol. The van der Waals surface area contributed by atoms with Crippen LogP contribution in [0, 0.1) is 11.8 Å². The van der Waals surface area contributed by atoms with E-state index >= 15 is 0 Å². The predicted octanol–water partition coefficient (Wildman–Crippen LogP) is 2.43. The van der Waals surface area contributed by atoms with Crippen molar-refractivity contribution in [3.63, 3.8) is 0 Å². The molecule has 1 aliphatic rings. The molecule has 3 nitrogen and oxygen atoms in total. The number of hydrogen-bond donors (Lipinski definition) is 0. The number of carbonyl (C=O) groups excluding carboxylic acids is 1. The van der Waals surface area contributed by atoms with E-state index in [0.717, 1.165) is 24.5 Å². The van der Waals surface area contributed by atoms with Crippen LogP contribution >= 0.6 is 0 Å². The van der Waals surface area contributed by atoms with E-state index in [2.05, 4.69) is 11.9 Å². The third-order valence-electron chi connectivity index (χ3n) is 3.46. The van der Waals surface area contributed by atoms with Crippen molar-refractivity contribution in [3.05, 3.63) is 18.2 Å². The Morgan fingerprint density at radius 2 is 2.07 bits per heavy atom. The molecule has 0 bridgehead atoms. The average Bonchev–Trinajstić information content (AvgIpc) is 2.65. The van der Waals surface area contributed by atoms with Crippen molar-refractivity contribution in [2.75, 3.05) is 0 Å². The van der Waals surface area contributed by atoms with Crippen LogP contribution in [-0.2, 0) is 7.05 Å². The van der Waals surface area contributed by atoms with E-state index in [9.17, 15) is 4.79 Å². The maximum absolute atomic E-state index is 12.1. The van der Waals surface area contributed by atoms with E-state index in [1.54, 1.807) is 12.5 Å². The minimum atomic E-state index is 0.233. The summed E-state index contributed by atoms with van der Waals surface area (Å²) in [5.74, 6) is 1.30. The SMILES string of the molecule is CC1CCC(C(=O)c2cncn2C)CC1. The molecule has 1 aromatic rings. The molecule has 0 radical (unpaired) electrons. The Kier molecular flexibility index (Phi) is 2.89. The van der Waals surface area contributed by atoms with Crippen LogP contribution in [0.2, 0.25) is 0 Å². The Hall–Kier alpha value is -1.12. The number of ketones is 1. The first-order chi connectivity index (χ1) is 7.18. The molecule has 1 aromatic heterocycles. The van der Waals surface area contributed by atoms with Gasteiger partial charge >= 0.3 is 0 Å². The Morgan fingerprint density at radius 1 is 1.40 bits per heavy atom. The molecule has 0 spiro atoms. The second-order valence-electron chi connectivity index (χ2n) is 4.71. The van der Waals surface area contributed by atoms with Crippen LogP contribution in [0.4, 0.5) is 0 Å². The Bertz CT molecular complexity index is 348. The van der Waals surface area contributed by atoms with Crippen LogP contribution in [0.3, 0.4) is 0 Å². The molecule has 0 saturated heterocycles. The van der Waals surface area contributed by atoms with Gasteiger partial charge in [-0.25, -0.2) is 4.98 Å². The second-order valence-corrected chi connectivity index (χ2v) is 4.71. The molecule has 15 heavy (non-hydrogen) atoms. The summed E-state index contributed by atoms with van der Waals surface area (Å²) in [7, 11) is 1.88. The zero-order chi connectivity index (χ0) is 10.8. The largest absolute Gasteiger partial charge is 0.331 e. The summed E-state index contributed by atoms with van der Waals surface area (Å²) >= 11 is 0. The number of nitrogens with zero attached hydrogens (tertiary/aromatic N) is 2. The van der Waals surface area contributed by atoms with Crippen molar-refractivity contribution in [1.29, 1.82) is 0 Å². The molecule has 1 saturated carbocycles. The lowest BCUT2D eigenvalue weighted by atomic mass is 9.80. The van der Waals surface area contributed by atoms with Gasteiger partial charge in [0.25, 0.3) is 0 Å². The molecule has 1 fully saturated rings. The Morgan fingerprint density at radius 3 is 2.60 bits per heavy atom. The van der Waals surface area contributed by atoms with Gasteiger partial charge < -0.3 is 4.57 Å². The number of imidazole rings is 1. The highest BCUT2D eigenvalue weighted by atomic mass is 16.1. The van der Waals surface area contributed by atoms with E-state index < -0.39 is 0 Å². The summed E-state index contributed by atoms with van der Waals surface area (Å²) in [5.41, 5.74) is 0.759. The summed E-state index contributed by atoms with van der Waals surface area (Å²) < 4.78 is 1.82. The van der Waals surface area contributed by atoms with Crippen molar-refractivity contribution in [1.82, 2.24) is 9.55 Å². The first-order valence-corrected chi connectivity index (χ1v) is 5.69. The number of Topliss-reactive ketones (excluding diaryl/α,β-unsaturated/α-hetero) is 1. The van der Waals surface area contributed by atoms with Crippen molar-refractivity contribution >= 4 is 5.78 Å². The van der Waals surface area contributed by atoms with Crippen molar-refractivity contribution in [2.45, 2.75) is 32.6 Å². The third-order valence-corrected chi connectivity index (χ3v) is 3.46. The maximum Gasteiger partial charge on any atom is 0.183 e. The molecule has 0 amide bonds. The minimum Gasteiger partial charge on any atom is -0.331 e. The van der Waals surface area contributed by atoms with E-state index in [0.29, 0.717) is 0 Å². The van der Waals surface area contributed by atoms with Crippen molar-refractivity contribution in [3.8, 4) is 0 Å². The monoisotopic (exact) mass is 206 g/mol. The average molecular weight is 206 g/mol. The molecule has 0 aliphatic heterocycles. The van der Waals surface area contributed by atoms with Gasteiger partial charge in [0, 0.05) is 13.0 Å². The third kappa shape index (κ3) is 2.11. The highest BCUT2D eigenvalue weighted by molar-refractivity contribution is 5.96. The molecule has 1 heterocycles.